The van der Waals surface area contributed by atoms with E-state index in [1.165, 1.54) is 11.2 Å². The Morgan fingerprint density at radius 3 is 2.83 bits per heavy atom. The SMILES string of the molecule is C=C(C)c1ccc2ccccn12. The van der Waals surface area contributed by atoms with Gasteiger partial charge in [0.15, 0.2) is 0 Å². The maximum atomic E-state index is 3.93. The molecule has 0 saturated carbocycles. The number of fused-ring (bicyclic) bond motifs is 1. The van der Waals surface area contributed by atoms with Crippen LogP contribution in [0.25, 0.3) is 11.1 Å². The highest BCUT2D eigenvalue weighted by Crippen LogP contribution is 2.15. The second-order valence-corrected chi connectivity index (χ2v) is 2.99. The molecule has 0 saturated heterocycles. The van der Waals surface area contributed by atoms with Crippen molar-refractivity contribution in [2.24, 2.45) is 0 Å². The van der Waals surface area contributed by atoms with Crippen molar-refractivity contribution in [3.05, 3.63) is 48.8 Å². The molecule has 0 fully saturated rings. The summed E-state index contributed by atoms with van der Waals surface area (Å²) in [6.45, 7) is 5.95. The van der Waals surface area contributed by atoms with E-state index in [0.717, 1.165) is 5.57 Å². The van der Waals surface area contributed by atoms with E-state index in [1.54, 1.807) is 0 Å². The average molecular weight is 157 g/mol. The van der Waals surface area contributed by atoms with Gasteiger partial charge in [-0.15, -0.1) is 0 Å². The third kappa shape index (κ3) is 0.944. The molecule has 0 aromatic carbocycles. The first-order chi connectivity index (χ1) is 5.79. The molecule has 2 rings (SSSR count). The summed E-state index contributed by atoms with van der Waals surface area (Å²) in [5.74, 6) is 0. The number of nitrogens with zero attached hydrogens (tertiary/aromatic N) is 1. The van der Waals surface area contributed by atoms with Crippen molar-refractivity contribution in [1.82, 2.24) is 4.40 Å². The highest BCUT2D eigenvalue weighted by molar-refractivity contribution is 5.64. The molecule has 0 radical (unpaired) electrons. The Balaban J connectivity index is 2.79. The monoisotopic (exact) mass is 157 g/mol. The lowest BCUT2D eigenvalue weighted by Crippen LogP contribution is -1.87. The Kier molecular flexibility index (Phi) is 1.51. The summed E-state index contributed by atoms with van der Waals surface area (Å²) in [5.41, 5.74) is 3.50. The van der Waals surface area contributed by atoms with Crippen LogP contribution in [0.2, 0.25) is 0 Å². The number of rotatable bonds is 1. The van der Waals surface area contributed by atoms with Gasteiger partial charge in [0.05, 0.1) is 0 Å². The second kappa shape index (κ2) is 2.52. The van der Waals surface area contributed by atoms with Crippen LogP contribution in [0.15, 0.2) is 43.1 Å². The number of hydrogen-bond acceptors (Lipinski definition) is 0. The minimum absolute atomic E-state index is 1.10. The highest BCUT2D eigenvalue weighted by atomic mass is 14.9. The van der Waals surface area contributed by atoms with Crippen molar-refractivity contribution in [2.75, 3.05) is 0 Å². The molecule has 2 aromatic heterocycles. The molecular formula is C11H11N. The number of hydrogen-bond donors (Lipinski definition) is 0. The lowest BCUT2D eigenvalue weighted by molar-refractivity contribution is 1.16. The van der Waals surface area contributed by atoms with E-state index in [9.17, 15) is 0 Å². The predicted octanol–water partition coefficient (Wildman–Crippen LogP) is 2.97. The zero-order valence-electron chi connectivity index (χ0n) is 7.12. The number of allylic oxidation sites excluding steroid dienone is 1. The minimum atomic E-state index is 1.10. The molecule has 0 aliphatic rings. The van der Waals surface area contributed by atoms with Gasteiger partial charge in [0.2, 0.25) is 0 Å². The van der Waals surface area contributed by atoms with Crippen LogP contribution in [0.5, 0.6) is 0 Å². The van der Waals surface area contributed by atoms with Gasteiger partial charge in [-0.25, -0.2) is 0 Å². The van der Waals surface area contributed by atoms with Gasteiger partial charge in [-0.1, -0.05) is 12.6 Å². The topological polar surface area (TPSA) is 4.41 Å². The van der Waals surface area contributed by atoms with E-state index in [2.05, 4.69) is 35.4 Å². The van der Waals surface area contributed by atoms with Gasteiger partial charge in [0.25, 0.3) is 0 Å². The first-order valence-electron chi connectivity index (χ1n) is 4.01. The van der Waals surface area contributed by atoms with E-state index in [4.69, 9.17) is 0 Å². The van der Waals surface area contributed by atoms with E-state index in [0.29, 0.717) is 0 Å². The number of aromatic nitrogens is 1. The Morgan fingerprint density at radius 2 is 2.08 bits per heavy atom. The first-order valence-corrected chi connectivity index (χ1v) is 4.01. The summed E-state index contributed by atoms with van der Waals surface area (Å²) in [6.07, 6.45) is 2.05. The van der Waals surface area contributed by atoms with Crippen LogP contribution in [0, 0.1) is 0 Å². The van der Waals surface area contributed by atoms with Gasteiger partial charge in [0.1, 0.15) is 0 Å². The molecule has 0 bridgehead atoms. The lowest BCUT2D eigenvalue weighted by Gasteiger charge is -1.99. The fourth-order valence-electron chi connectivity index (χ4n) is 1.40. The Bertz CT molecular complexity index is 423. The zero-order chi connectivity index (χ0) is 8.55. The van der Waals surface area contributed by atoms with E-state index >= 15 is 0 Å². The molecule has 1 heteroatoms. The molecule has 60 valence electrons. The quantitative estimate of drug-likeness (QED) is 0.599. The molecule has 0 aliphatic heterocycles. The van der Waals surface area contributed by atoms with Crippen LogP contribution in [0.3, 0.4) is 0 Å². The van der Waals surface area contributed by atoms with Crippen LogP contribution in [-0.2, 0) is 0 Å². The van der Waals surface area contributed by atoms with Gasteiger partial charge in [-0.2, -0.15) is 0 Å². The van der Waals surface area contributed by atoms with Gasteiger partial charge >= 0.3 is 0 Å². The van der Waals surface area contributed by atoms with Crippen molar-refractivity contribution >= 4 is 11.1 Å². The molecule has 2 aromatic rings. The highest BCUT2D eigenvalue weighted by Gasteiger charge is 1.99. The molecule has 0 N–H and O–H groups in total. The molecule has 0 amide bonds. The van der Waals surface area contributed by atoms with Gasteiger partial charge in [0, 0.05) is 17.4 Å². The first kappa shape index (κ1) is 7.17. The molecule has 2 heterocycles. The van der Waals surface area contributed by atoms with Crippen molar-refractivity contribution in [2.45, 2.75) is 6.92 Å². The molecule has 0 atom stereocenters. The van der Waals surface area contributed by atoms with Crippen molar-refractivity contribution in [3.63, 3.8) is 0 Å². The predicted molar refractivity (Wildman–Crippen MR) is 52.1 cm³/mol. The Hall–Kier alpha value is -1.50. The average Bonchev–Trinajstić information content (AvgIpc) is 2.47. The second-order valence-electron chi connectivity index (χ2n) is 2.99. The van der Waals surface area contributed by atoms with E-state index in [-0.39, 0.29) is 0 Å². The third-order valence-electron chi connectivity index (χ3n) is 2.00. The fourth-order valence-corrected chi connectivity index (χ4v) is 1.40. The number of pyridine rings is 1. The molecule has 12 heavy (non-hydrogen) atoms. The van der Waals surface area contributed by atoms with Crippen LogP contribution >= 0.6 is 0 Å². The summed E-state index contributed by atoms with van der Waals surface area (Å²) in [6, 6.07) is 10.4. The van der Waals surface area contributed by atoms with Gasteiger partial charge in [-0.05, 0) is 36.8 Å². The molecular weight excluding hydrogens is 146 g/mol. The lowest BCUT2D eigenvalue weighted by atomic mass is 10.2. The van der Waals surface area contributed by atoms with Crippen molar-refractivity contribution in [3.8, 4) is 0 Å². The third-order valence-corrected chi connectivity index (χ3v) is 2.00. The smallest absolute Gasteiger partial charge is 0.0479 e. The normalized spacial score (nSPS) is 10.4. The largest absolute Gasteiger partial charge is 0.317 e. The van der Waals surface area contributed by atoms with Crippen LogP contribution in [0.4, 0.5) is 0 Å². The van der Waals surface area contributed by atoms with Crippen LogP contribution in [-0.4, -0.2) is 4.40 Å². The van der Waals surface area contributed by atoms with Crippen molar-refractivity contribution in [1.29, 1.82) is 0 Å². The molecule has 0 aliphatic carbocycles. The van der Waals surface area contributed by atoms with Gasteiger partial charge in [-0.3, -0.25) is 0 Å². The molecule has 1 nitrogen and oxygen atoms in total. The zero-order valence-corrected chi connectivity index (χ0v) is 7.12. The van der Waals surface area contributed by atoms with Crippen LogP contribution in [0.1, 0.15) is 12.6 Å². The summed E-state index contributed by atoms with van der Waals surface area (Å²) in [4.78, 5) is 0. The summed E-state index contributed by atoms with van der Waals surface area (Å²) >= 11 is 0. The molecule has 0 spiro atoms. The Labute approximate surface area is 72.0 Å². The minimum Gasteiger partial charge on any atom is -0.317 e. The Morgan fingerprint density at radius 1 is 1.25 bits per heavy atom. The summed E-state index contributed by atoms with van der Waals surface area (Å²) in [7, 11) is 0. The van der Waals surface area contributed by atoms with Gasteiger partial charge < -0.3 is 4.40 Å². The van der Waals surface area contributed by atoms with E-state index < -0.39 is 0 Å². The summed E-state index contributed by atoms with van der Waals surface area (Å²) in [5, 5.41) is 0. The van der Waals surface area contributed by atoms with Crippen LogP contribution < -0.4 is 0 Å². The van der Waals surface area contributed by atoms with E-state index in [1.807, 2.05) is 19.1 Å². The maximum Gasteiger partial charge on any atom is 0.0479 e. The fraction of sp³-hybridized carbons (Fsp3) is 0.0909. The maximum absolute atomic E-state index is 3.93. The molecule has 0 unspecified atom stereocenters. The standard InChI is InChI=1S/C11H11N/c1-9(2)11-7-6-10-5-3-4-8-12(10)11/h3-8H,1H2,2H3. The van der Waals surface area contributed by atoms with Crippen molar-refractivity contribution < 1.29 is 0 Å². The summed E-state index contributed by atoms with van der Waals surface area (Å²) < 4.78 is 2.14.